The van der Waals surface area contributed by atoms with Gasteiger partial charge in [-0.3, -0.25) is 4.79 Å². The largest absolute Gasteiger partial charge is 0.465 e. The Morgan fingerprint density at radius 2 is 1.95 bits per heavy atom. The van der Waals surface area contributed by atoms with E-state index in [9.17, 15) is 9.59 Å². The van der Waals surface area contributed by atoms with Crippen molar-refractivity contribution < 1.29 is 9.53 Å². The molecule has 0 radical (unpaired) electrons. The fraction of sp³-hybridized carbons (Fsp3) is 0.118. The van der Waals surface area contributed by atoms with Gasteiger partial charge in [0.1, 0.15) is 5.82 Å². The molecule has 1 aromatic heterocycles. The van der Waals surface area contributed by atoms with Crippen molar-refractivity contribution in [3.63, 3.8) is 0 Å². The number of aromatic amines is 1. The van der Waals surface area contributed by atoms with E-state index in [2.05, 4.69) is 9.97 Å². The van der Waals surface area contributed by atoms with Crippen molar-refractivity contribution >= 4 is 16.9 Å². The number of carbonyl (C=O) groups excluding carboxylic acids is 1. The lowest BCUT2D eigenvalue weighted by molar-refractivity contribution is 0.0600. The van der Waals surface area contributed by atoms with E-state index in [1.165, 1.54) is 7.11 Å². The van der Waals surface area contributed by atoms with E-state index in [1.807, 2.05) is 19.1 Å². The third-order valence-electron chi connectivity index (χ3n) is 3.53. The first-order chi connectivity index (χ1) is 10.6. The number of rotatable bonds is 2. The summed E-state index contributed by atoms with van der Waals surface area (Å²) in [6.07, 6.45) is 0. The molecule has 0 atom stereocenters. The van der Waals surface area contributed by atoms with E-state index >= 15 is 0 Å². The Kier molecular flexibility index (Phi) is 3.47. The molecule has 0 saturated heterocycles. The van der Waals surface area contributed by atoms with Gasteiger partial charge in [0, 0.05) is 5.56 Å². The number of esters is 1. The molecule has 0 spiro atoms. The summed E-state index contributed by atoms with van der Waals surface area (Å²) in [5, 5.41) is 0.534. The van der Waals surface area contributed by atoms with Crippen LogP contribution in [0.25, 0.3) is 22.3 Å². The number of hydrogen-bond donors (Lipinski definition) is 1. The smallest absolute Gasteiger partial charge is 0.338 e. The molecule has 0 aliphatic carbocycles. The summed E-state index contributed by atoms with van der Waals surface area (Å²) < 4.78 is 4.77. The molecule has 0 unspecified atom stereocenters. The molecule has 0 bridgehead atoms. The predicted octanol–water partition coefficient (Wildman–Crippen LogP) is 2.69. The fourth-order valence-corrected chi connectivity index (χ4v) is 2.32. The molecule has 22 heavy (non-hydrogen) atoms. The normalized spacial score (nSPS) is 10.6. The second kappa shape index (κ2) is 5.44. The quantitative estimate of drug-likeness (QED) is 0.738. The van der Waals surface area contributed by atoms with E-state index in [0.717, 1.165) is 5.56 Å². The zero-order chi connectivity index (χ0) is 15.7. The van der Waals surface area contributed by atoms with Gasteiger partial charge in [0.2, 0.25) is 0 Å². The molecule has 0 aliphatic rings. The van der Waals surface area contributed by atoms with E-state index in [0.29, 0.717) is 27.9 Å². The van der Waals surface area contributed by atoms with Crippen molar-refractivity contribution in [2.24, 2.45) is 0 Å². The van der Waals surface area contributed by atoms with Crippen molar-refractivity contribution in [1.29, 1.82) is 0 Å². The number of hydrogen-bond acceptors (Lipinski definition) is 4. The summed E-state index contributed by atoms with van der Waals surface area (Å²) in [7, 11) is 1.34. The van der Waals surface area contributed by atoms with Gasteiger partial charge in [-0.25, -0.2) is 9.78 Å². The lowest BCUT2D eigenvalue weighted by Crippen LogP contribution is -2.10. The van der Waals surface area contributed by atoms with Crippen LogP contribution in [-0.2, 0) is 4.74 Å². The maximum Gasteiger partial charge on any atom is 0.338 e. The highest BCUT2D eigenvalue weighted by molar-refractivity contribution is 5.92. The van der Waals surface area contributed by atoms with Crippen LogP contribution in [0.4, 0.5) is 0 Å². The molecule has 1 heterocycles. The number of fused-ring (bicyclic) bond motifs is 1. The molecule has 3 rings (SSSR count). The molecule has 1 N–H and O–H groups in total. The fourth-order valence-electron chi connectivity index (χ4n) is 2.32. The van der Waals surface area contributed by atoms with Gasteiger partial charge in [-0.1, -0.05) is 24.3 Å². The van der Waals surface area contributed by atoms with Crippen LogP contribution >= 0.6 is 0 Å². The van der Waals surface area contributed by atoms with Crippen molar-refractivity contribution in [3.05, 3.63) is 63.9 Å². The highest BCUT2D eigenvalue weighted by Gasteiger charge is 2.12. The summed E-state index contributed by atoms with van der Waals surface area (Å²) in [5.74, 6) is 0.0105. The van der Waals surface area contributed by atoms with Crippen molar-refractivity contribution in [2.45, 2.75) is 6.92 Å². The Morgan fingerprint density at radius 1 is 1.18 bits per heavy atom. The number of aromatic nitrogens is 2. The zero-order valence-corrected chi connectivity index (χ0v) is 12.2. The number of nitrogens with zero attached hydrogens (tertiary/aromatic N) is 1. The summed E-state index contributed by atoms with van der Waals surface area (Å²) in [4.78, 5) is 31.1. The van der Waals surface area contributed by atoms with E-state index in [-0.39, 0.29) is 5.56 Å². The van der Waals surface area contributed by atoms with Crippen LogP contribution in [0.1, 0.15) is 15.9 Å². The van der Waals surface area contributed by atoms with Crippen LogP contribution in [0.5, 0.6) is 0 Å². The van der Waals surface area contributed by atoms with Gasteiger partial charge in [0.05, 0.1) is 23.6 Å². The zero-order valence-electron chi connectivity index (χ0n) is 12.2. The van der Waals surface area contributed by atoms with Crippen LogP contribution in [0, 0.1) is 6.92 Å². The molecule has 0 aliphatic heterocycles. The first kappa shape index (κ1) is 14.0. The van der Waals surface area contributed by atoms with Gasteiger partial charge in [-0.15, -0.1) is 0 Å². The van der Waals surface area contributed by atoms with Gasteiger partial charge in [0.15, 0.2) is 0 Å². The standard InChI is InChI=1S/C17H14N2O3/c1-10-7-8-11(9-13(10)17(21)22-2)15-18-14-6-4-3-5-12(14)16(20)19-15/h3-9H,1-2H3,(H,18,19,20). The molecule has 5 heteroatoms. The number of aryl methyl sites for hydroxylation is 1. The van der Waals surface area contributed by atoms with Crippen molar-refractivity contribution in [3.8, 4) is 11.4 Å². The highest BCUT2D eigenvalue weighted by Crippen LogP contribution is 2.20. The number of para-hydroxylation sites is 1. The van der Waals surface area contributed by atoms with Crippen LogP contribution < -0.4 is 5.56 Å². The third-order valence-corrected chi connectivity index (χ3v) is 3.53. The van der Waals surface area contributed by atoms with Crippen molar-refractivity contribution in [2.75, 3.05) is 7.11 Å². The Labute approximate surface area is 126 Å². The first-order valence-corrected chi connectivity index (χ1v) is 6.78. The molecule has 0 amide bonds. The molecule has 3 aromatic rings. The third kappa shape index (κ3) is 2.37. The van der Waals surface area contributed by atoms with E-state index < -0.39 is 5.97 Å². The molecular weight excluding hydrogens is 280 g/mol. The number of ether oxygens (including phenoxy) is 1. The number of methoxy groups -OCH3 is 1. The maximum absolute atomic E-state index is 12.1. The molecule has 0 saturated carbocycles. The Hall–Kier alpha value is -2.95. The number of nitrogens with one attached hydrogen (secondary N) is 1. The molecule has 2 aromatic carbocycles. The second-order valence-corrected chi connectivity index (χ2v) is 4.95. The maximum atomic E-state index is 12.1. The Morgan fingerprint density at radius 3 is 2.73 bits per heavy atom. The first-order valence-electron chi connectivity index (χ1n) is 6.78. The summed E-state index contributed by atoms with van der Waals surface area (Å²) in [6.45, 7) is 1.83. The lowest BCUT2D eigenvalue weighted by atomic mass is 10.0. The summed E-state index contributed by atoms with van der Waals surface area (Å²) >= 11 is 0. The number of carbonyl (C=O) groups is 1. The minimum atomic E-state index is -0.414. The van der Waals surface area contributed by atoms with Crippen LogP contribution in [-0.4, -0.2) is 23.0 Å². The second-order valence-electron chi connectivity index (χ2n) is 4.95. The molecular formula is C17H14N2O3. The van der Waals surface area contributed by atoms with E-state index in [1.54, 1.807) is 30.3 Å². The number of H-pyrrole nitrogens is 1. The lowest BCUT2D eigenvalue weighted by Gasteiger charge is -2.07. The molecule has 110 valence electrons. The van der Waals surface area contributed by atoms with E-state index in [4.69, 9.17) is 4.74 Å². The monoisotopic (exact) mass is 294 g/mol. The van der Waals surface area contributed by atoms with Crippen molar-refractivity contribution in [1.82, 2.24) is 9.97 Å². The minimum Gasteiger partial charge on any atom is -0.465 e. The SMILES string of the molecule is COC(=O)c1cc(-c2nc3ccccc3c(=O)[nH]2)ccc1C. The Bertz CT molecular complexity index is 929. The van der Waals surface area contributed by atoms with Crippen LogP contribution in [0.3, 0.4) is 0 Å². The van der Waals surface area contributed by atoms with Gasteiger partial charge < -0.3 is 9.72 Å². The van der Waals surface area contributed by atoms with Gasteiger partial charge in [0.25, 0.3) is 5.56 Å². The van der Waals surface area contributed by atoms with Gasteiger partial charge in [-0.2, -0.15) is 0 Å². The summed E-state index contributed by atoms with van der Waals surface area (Å²) in [5.41, 5.74) is 2.32. The average molecular weight is 294 g/mol. The predicted molar refractivity (Wildman–Crippen MR) is 83.9 cm³/mol. The summed E-state index contributed by atoms with van der Waals surface area (Å²) in [6, 6.07) is 12.4. The Balaban J connectivity index is 2.19. The number of benzene rings is 2. The molecule has 5 nitrogen and oxygen atoms in total. The topological polar surface area (TPSA) is 72.0 Å². The highest BCUT2D eigenvalue weighted by atomic mass is 16.5. The van der Waals surface area contributed by atoms with Gasteiger partial charge >= 0.3 is 5.97 Å². The van der Waals surface area contributed by atoms with Crippen LogP contribution in [0.2, 0.25) is 0 Å². The minimum absolute atomic E-state index is 0.208. The molecule has 0 fully saturated rings. The van der Waals surface area contributed by atoms with Crippen LogP contribution in [0.15, 0.2) is 47.3 Å². The van der Waals surface area contributed by atoms with Gasteiger partial charge in [-0.05, 0) is 30.7 Å². The average Bonchev–Trinajstić information content (AvgIpc) is 2.54.